The number of hydrogen-bond acceptors (Lipinski definition) is 6. The van der Waals surface area contributed by atoms with Crippen LogP contribution in [0.25, 0.3) is 10.2 Å². The van der Waals surface area contributed by atoms with E-state index in [1.165, 1.54) is 10.3 Å². The molecule has 1 saturated heterocycles. The minimum atomic E-state index is 0.238. The maximum atomic E-state index is 9.07. The average molecular weight is 320 g/mol. The Morgan fingerprint density at radius 2 is 1.91 bits per heavy atom. The van der Waals surface area contributed by atoms with Crippen molar-refractivity contribution in [3.63, 3.8) is 0 Å². The summed E-state index contributed by atoms with van der Waals surface area (Å²) in [6.45, 7) is 9.20. The van der Waals surface area contributed by atoms with Crippen LogP contribution in [0.15, 0.2) is 6.07 Å². The maximum absolute atomic E-state index is 9.07. The predicted octanol–water partition coefficient (Wildman–Crippen LogP) is 1.93. The molecule has 0 radical (unpaired) electrons. The molecule has 1 aliphatic rings. The summed E-state index contributed by atoms with van der Waals surface area (Å²) >= 11 is 1.79. The highest BCUT2D eigenvalue weighted by molar-refractivity contribution is 7.18. The van der Waals surface area contributed by atoms with E-state index in [1.54, 1.807) is 11.3 Å². The van der Waals surface area contributed by atoms with E-state index in [0.29, 0.717) is 0 Å². The molecular formula is C16H24N4OS. The number of piperazine rings is 1. The number of thiophene rings is 1. The molecule has 0 saturated carbocycles. The molecule has 0 spiro atoms. The summed E-state index contributed by atoms with van der Waals surface area (Å²) in [4.78, 5) is 16.7. The Hall–Kier alpha value is -1.24. The first-order valence-corrected chi connectivity index (χ1v) is 8.94. The number of anilines is 1. The lowest BCUT2D eigenvalue weighted by Crippen LogP contribution is -2.47. The van der Waals surface area contributed by atoms with Crippen molar-refractivity contribution in [3.05, 3.63) is 16.8 Å². The Morgan fingerprint density at radius 3 is 2.55 bits per heavy atom. The Balaban J connectivity index is 1.90. The van der Waals surface area contributed by atoms with E-state index in [1.807, 2.05) is 0 Å². The van der Waals surface area contributed by atoms with E-state index < -0.39 is 0 Å². The van der Waals surface area contributed by atoms with Crippen LogP contribution < -0.4 is 4.90 Å². The highest BCUT2D eigenvalue weighted by Crippen LogP contribution is 2.32. The summed E-state index contributed by atoms with van der Waals surface area (Å²) in [7, 11) is 0. The fourth-order valence-electron chi connectivity index (χ4n) is 2.90. The summed E-state index contributed by atoms with van der Waals surface area (Å²) < 4.78 is 0. The van der Waals surface area contributed by atoms with Gasteiger partial charge in [-0.05, 0) is 12.5 Å². The molecule has 3 heterocycles. The van der Waals surface area contributed by atoms with Crippen molar-refractivity contribution in [2.45, 2.75) is 26.7 Å². The summed E-state index contributed by atoms with van der Waals surface area (Å²) in [6.07, 6.45) is 1.92. The van der Waals surface area contributed by atoms with Gasteiger partial charge in [-0.1, -0.05) is 13.8 Å². The van der Waals surface area contributed by atoms with Crippen LogP contribution in [-0.4, -0.2) is 59.3 Å². The van der Waals surface area contributed by atoms with Gasteiger partial charge in [0.05, 0.1) is 12.0 Å². The lowest BCUT2D eigenvalue weighted by molar-refractivity contribution is 0.188. The summed E-state index contributed by atoms with van der Waals surface area (Å²) in [5.41, 5.74) is 0. The van der Waals surface area contributed by atoms with Gasteiger partial charge in [0, 0.05) is 44.0 Å². The van der Waals surface area contributed by atoms with Gasteiger partial charge in [-0.15, -0.1) is 11.3 Å². The first kappa shape index (κ1) is 15.6. The zero-order valence-electron chi connectivity index (χ0n) is 13.4. The molecule has 0 aliphatic carbocycles. The topological polar surface area (TPSA) is 52.5 Å². The van der Waals surface area contributed by atoms with Crippen LogP contribution in [0.3, 0.4) is 0 Å². The van der Waals surface area contributed by atoms with E-state index in [-0.39, 0.29) is 6.61 Å². The number of aliphatic hydroxyl groups is 1. The van der Waals surface area contributed by atoms with Crippen LogP contribution in [0.5, 0.6) is 0 Å². The van der Waals surface area contributed by atoms with Crippen molar-refractivity contribution in [1.82, 2.24) is 14.9 Å². The summed E-state index contributed by atoms with van der Waals surface area (Å²) in [6, 6.07) is 2.26. The molecule has 0 bridgehead atoms. The van der Waals surface area contributed by atoms with Crippen molar-refractivity contribution >= 4 is 27.4 Å². The smallest absolute Gasteiger partial charge is 0.141 e. The largest absolute Gasteiger partial charge is 0.395 e. The maximum Gasteiger partial charge on any atom is 0.141 e. The lowest BCUT2D eigenvalue weighted by atomic mass is 10.2. The zero-order valence-corrected chi connectivity index (χ0v) is 14.2. The quantitative estimate of drug-likeness (QED) is 0.912. The monoisotopic (exact) mass is 320 g/mol. The lowest BCUT2D eigenvalue weighted by Gasteiger charge is -2.35. The number of aromatic nitrogens is 2. The van der Waals surface area contributed by atoms with Crippen molar-refractivity contribution in [2.75, 3.05) is 44.2 Å². The van der Waals surface area contributed by atoms with Crippen molar-refractivity contribution in [2.24, 2.45) is 0 Å². The molecular weight excluding hydrogens is 296 g/mol. The second kappa shape index (κ2) is 6.89. The second-order valence-electron chi connectivity index (χ2n) is 5.65. The molecule has 1 N–H and O–H groups in total. The van der Waals surface area contributed by atoms with Crippen LogP contribution >= 0.6 is 11.3 Å². The summed E-state index contributed by atoms with van der Waals surface area (Å²) in [5, 5.41) is 10.3. The van der Waals surface area contributed by atoms with Gasteiger partial charge >= 0.3 is 0 Å². The molecule has 5 nitrogen and oxygen atoms in total. The molecule has 2 aromatic rings. The second-order valence-corrected chi connectivity index (χ2v) is 6.77. The fraction of sp³-hybridized carbons (Fsp3) is 0.625. The average Bonchev–Trinajstić information content (AvgIpc) is 2.98. The Kier molecular flexibility index (Phi) is 4.90. The fourth-order valence-corrected chi connectivity index (χ4v) is 3.88. The van der Waals surface area contributed by atoms with Gasteiger partial charge in [0.1, 0.15) is 16.5 Å². The molecule has 6 heteroatoms. The van der Waals surface area contributed by atoms with Gasteiger partial charge in [-0.25, -0.2) is 9.97 Å². The number of β-amino-alcohol motifs (C(OH)–C–C–N with tert-alkyl or cyclic N) is 1. The first-order valence-electron chi connectivity index (χ1n) is 8.12. The van der Waals surface area contributed by atoms with E-state index in [0.717, 1.165) is 62.0 Å². The third-order valence-electron chi connectivity index (χ3n) is 4.22. The van der Waals surface area contributed by atoms with Gasteiger partial charge in [-0.2, -0.15) is 0 Å². The normalized spacial score (nSPS) is 16.6. The number of hydrogen-bond donors (Lipinski definition) is 1. The zero-order chi connectivity index (χ0) is 15.5. The van der Waals surface area contributed by atoms with E-state index in [4.69, 9.17) is 15.1 Å². The molecule has 120 valence electrons. The van der Waals surface area contributed by atoms with E-state index in [2.05, 4.69) is 29.7 Å². The Bertz CT molecular complexity index is 634. The molecule has 2 aromatic heterocycles. The SMILES string of the molecule is CCc1nc(N2CCN(CCO)CC2)c2cc(CC)sc2n1. The van der Waals surface area contributed by atoms with Crippen molar-refractivity contribution in [1.29, 1.82) is 0 Å². The number of nitrogens with zero attached hydrogens (tertiary/aromatic N) is 4. The molecule has 0 unspecified atom stereocenters. The van der Waals surface area contributed by atoms with Crippen LogP contribution in [0.2, 0.25) is 0 Å². The highest BCUT2D eigenvalue weighted by Gasteiger charge is 2.21. The number of fused-ring (bicyclic) bond motifs is 1. The van der Waals surface area contributed by atoms with E-state index >= 15 is 0 Å². The minimum absolute atomic E-state index is 0.238. The van der Waals surface area contributed by atoms with Crippen LogP contribution in [0.1, 0.15) is 24.5 Å². The minimum Gasteiger partial charge on any atom is -0.395 e. The van der Waals surface area contributed by atoms with Gasteiger partial charge in [0.2, 0.25) is 0 Å². The Morgan fingerprint density at radius 1 is 1.14 bits per heavy atom. The third-order valence-corrected chi connectivity index (χ3v) is 5.40. The van der Waals surface area contributed by atoms with Crippen molar-refractivity contribution < 1.29 is 5.11 Å². The highest BCUT2D eigenvalue weighted by atomic mass is 32.1. The third kappa shape index (κ3) is 3.09. The molecule has 0 amide bonds. The standard InChI is InChI=1S/C16H24N4OS/c1-3-12-11-13-15(17-14(4-2)18-16(13)22-12)20-7-5-19(6-8-20)9-10-21/h11,21H,3-10H2,1-2H3. The Labute approximate surface area is 135 Å². The molecule has 3 rings (SSSR count). The number of aryl methyl sites for hydroxylation is 2. The first-order chi connectivity index (χ1) is 10.7. The molecule has 1 fully saturated rings. The summed E-state index contributed by atoms with van der Waals surface area (Å²) in [5.74, 6) is 2.03. The van der Waals surface area contributed by atoms with Crippen molar-refractivity contribution in [3.8, 4) is 0 Å². The number of aliphatic hydroxyl groups excluding tert-OH is 1. The van der Waals surface area contributed by atoms with Crippen LogP contribution in [0.4, 0.5) is 5.82 Å². The molecule has 22 heavy (non-hydrogen) atoms. The molecule has 0 aromatic carbocycles. The van der Waals surface area contributed by atoms with Gasteiger partial charge in [0.25, 0.3) is 0 Å². The number of rotatable bonds is 5. The van der Waals surface area contributed by atoms with Crippen LogP contribution in [-0.2, 0) is 12.8 Å². The molecule has 0 atom stereocenters. The molecule has 1 aliphatic heterocycles. The van der Waals surface area contributed by atoms with Crippen LogP contribution in [0, 0.1) is 0 Å². The van der Waals surface area contributed by atoms with E-state index in [9.17, 15) is 0 Å². The predicted molar refractivity (Wildman–Crippen MR) is 91.9 cm³/mol. The van der Waals surface area contributed by atoms with Gasteiger partial charge in [0.15, 0.2) is 0 Å². The van der Waals surface area contributed by atoms with Gasteiger partial charge < -0.3 is 10.0 Å². The van der Waals surface area contributed by atoms with Gasteiger partial charge in [-0.3, -0.25) is 4.90 Å².